The van der Waals surface area contributed by atoms with Gasteiger partial charge in [-0.25, -0.2) is 4.98 Å². The molecule has 1 aromatic carbocycles. The molecule has 0 aliphatic rings. The Morgan fingerprint density at radius 2 is 2.04 bits per heavy atom. The number of aromatic nitrogens is 4. The fourth-order valence-electron chi connectivity index (χ4n) is 2.23. The predicted molar refractivity (Wildman–Crippen MR) is 78.2 cm³/mol. The van der Waals surface area contributed by atoms with Gasteiger partial charge in [0.15, 0.2) is 0 Å². The van der Waals surface area contributed by atoms with Gasteiger partial charge in [-0.15, -0.1) is 0 Å². The Balaban J connectivity index is 1.76. The van der Waals surface area contributed by atoms with E-state index in [1.165, 1.54) is 12.3 Å². The van der Waals surface area contributed by atoms with Crippen LogP contribution in [0.5, 0.6) is 0 Å². The average Bonchev–Trinajstić information content (AvgIpc) is 3.23. The fraction of sp³-hybridized carbons (Fsp3) is 0.133. The van der Waals surface area contributed by atoms with Crippen LogP contribution in [0.4, 0.5) is 8.78 Å². The van der Waals surface area contributed by atoms with Crippen molar-refractivity contribution >= 4 is 5.91 Å². The van der Waals surface area contributed by atoms with Gasteiger partial charge < -0.3 is 9.88 Å². The van der Waals surface area contributed by atoms with Crippen molar-refractivity contribution < 1.29 is 13.6 Å². The first kappa shape index (κ1) is 14.9. The number of hydrogen-bond donors (Lipinski definition) is 1. The van der Waals surface area contributed by atoms with E-state index in [1.807, 2.05) is 28.8 Å². The lowest BCUT2D eigenvalue weighted by Crippen LogP contribution is -2.26. The zero-order valence-corrected chi connectivity index (χ0v) is 11.9. The summed E-state index contributed by atoms with van der Waals surface area (Å²) in [4.78, 5) is 16.1. The maximum Gasteiger partial charge on any atom is 0.333 e. The van der Waals surface area contributed by atoms with Gasteiger partial charge in [-0.2, -0.15) is 18.6 Å². The third-order valence-electron chi connectivity index (χ3n) is 3.30. The Morgan fingerprint density at radius 3 is 2.78 bits per heavy atom. The minimum absolute atomic E-state index is 0.180. The van der Waals surface area contributed by atoms with Gasteiger partial charge >= 0.3 is 6.55 Å². The smallest absolute Gasteiger partial charge is 0.333 e. The zero-order chi connectivity index (χ0) is 16.2. The van der Waals surface area contributed by atoms with E-state index in [9.17, 15) is 13.6 Å². The van der Waals surface area contributed by atoms with E-state index in [-0.39, 0.29) is 12.2 Å². The SMILES string of the molecule is O=C(NCc1ccccc1-n1ccnc1)c1ccnn1C(F)F. The van der Waals surface area contributed by atoms with Crippen molar-refractivity contribution in [3.8, 4) is 5.69 Å². The van der Waals surface area contributed by atoms with Gasteiger partial charge in [0.25, 0.3) is 5.91 Å². The topological polar surface area (TPSA) is 64.7 Å². The normalized spacial score (nSPS) is 10.9. The Hall–Kier alpha value is -3.03. The van der Waals surface area contributed by atoms with Crippen molar-refractivity contribution in [1.29, 1.82) is 0 Å². The molecule has 23 heavy (non-hydrogen) atoms. The average molecular weight is 317 g/mol. The lowest BCUT2D eigenvalue weighted by molar-refractivity contribution is 0.0509. The summed E-state index contributed by atoms with van der Waals surface area (Å²) in [5.74, 6) is -0.608. The van der Waals surface area contributed by atoms with Crippen molar-refractivity contribution in [3.63, 3.8) is 0 Å². The second-order valence-corrected chi connectivity index (χ2v) is 4.72. The first-order valence-electron chi connectivity index (χ1n) is 6.83. The van der Waals surface area contributed by atoms with E-state index in [2.05, 4.69) is 15.4 Å². The summed E-state index contributed by atoms with van der Waals surface area (Å²) in [7, 11) is 0. The molecule has 0 saturated heterocycles. The van der Waals surface area contributed by atoms with Crippen LogP contribution >= 0.6 is 0 Å². The van der Waals surface area contributed by atoms with Crippen molar-refractivity contribution in [2.24, 2.45) is 0 Å². The minimum Gasteiger partial charge on any atom is -0.347 e. The molecular weight excluding hydrogens is 304 g/mol. The molecule has 0 bridgehead atoms. The third-order valence-corrected chi connectivity index (χ3v) is 3.30. The van der Waals surface area contributed by atoms with Gasteiger partial charge in [0, 0.05) is 25.1 Å². The molecule has 8 heteroatoms. The number of carbonyl (C=O) groups is 1. The van der Waals surface area contributed by atoms with E-state index >= 15 is 0 Å². The summed E-state index contributed by atoms with van der Waals surface area (Å²) >= 11 is 0. The summed E-state index contributed by atoms with van der Waals surface area (Å²) in [5.41, 5.74) is 1.51. The van der Waals surface area contributed by atoms with Crippen LogP contribution in [-0.4, -0.2) is 25.2 Å². The molecule has 3 rings (SSSR count). The first-order valence-corrected chi connectivity index (χ1v) is 6.83. The van der Waals surface area contributed by atoms with Crippen LogP contribution in [0.15, 0.2) is 55.2 Å². The number of nitrogens with one attached hydrogen (secondary N) is 1. The predicted octanol–water partition coefficient (Wildman–Crippen LogP) is 2.39. The molecule has 0 unspecified atom stereocenters. The van der Waals surface area contributed by atoms with Crippen molar-refractivity contribution in [3.05, 3.63) is 66.5 Å². The fourth-order valence-corrected chi connectivity index (χ4v) is 2.23. The first-order chi connectivity index (χ1) is 11.2. The molecule has 0 fully saturated rings. The number of rotatable bonds is 5. The standard InChI is InChI=1S/C15H13F2N5O/c16-15(17)22-13(5-6-20-22)14(23)19-9-11-3-1-2-4-12(11)21-8-7-18-10-21/h1-8,10,15H,9H2,(H,19,23). The molecule has 0 saturated carbocycles. The lowest BCUT2D eigenvalue weighted by atomic mass is 10.1. The summed E-state index contributed by atoms with van der Waals surface area (Å²) in [6.45, 7) is -2.66. The van der Waals surface area contributed by atoms with Crippen LogP contribution in [-0.2, 0) is 6.54 Å². The van der Waals surface area contributed by atoms with Gasteiger partial charge in [-0.1, -0.05) is 18.2 Å². The number of alkyl halides is 2. The summed E-state index contributed by atoms with van der Waals surface area (Å²) in [5, 5.41) is 6.08. The van der Waals surface area contributed by atoms with E-state index in [1.54, 1.807) is 18.7 Å². The molecule has 0 radical (unpaired) electrons. The molecule has 0 atom stereocenters. The second-order valence-electron chi connectivity index (χ2n) is 4.72. The largest absolute Gasteiger partial charge is 0.347 e. The Morgan fingerprint density at radius 1 is 1.22 bits per heavy atom. The molecule has 6 nitrogen and oxygen atoms in total. The van der Waals surface area contributed by atoms with Crippen LogP contribution in [0.1, 0.15) is 22.6 Å². The van der Waals surface area contributed by atoms with Crippen LogP contribution in [0.3, 0.4) is 0 Å². The highest BCUT2D eigenvalue weighted by atomic mass is 19.3. The van der Waals surface area contributed by atoms with Crippen LogP contribution in [0.25, 0.3) is 5.69 Å². The quantitative estimate of drug-likeness (QED) is 0.786. The summed E-state index contributed by atoms with van der Waals surface area (Å²) in [6, 6.07) is 8.69. The highest BCUT2D eigenvalue weighted by Crippen LogP contribution is 2.15. The molecule has 1 N–H and O–H groups in total. The van der Waals surface area contributed by atoms with E-state index in [0.29, 0.717) is 4.68 Å². The van der Waals surface area contributed by atoms with Crippen molar-refractivity contribution in [2.75, 3.05) is 0 Å². The number of halogens is 2. The summed E-state index contributed by atoms with van der Waals surface area (Å²) in [6.07, 6.45) is 6.25. The number of para-hydroxylation sites is 1. The van der Waals surface area contributed by atoms with Crippen LogP contribution in [0.2, 0.25) is 0 Å². The number of benzene rings is 1. The maximum atomic E-state index is 12.7. The number of imidazole rings is 1. The molecule has 3 aromatic rings. The highest BCUT2D eigenvalue weighted by Gasteiger charge is 2.17. The maximum absolute atomic E-state index is 12.7. The van der Waals surface area contributed by atoms with Gasteiger partial charge in [-0.05, 0) is 17.7 Å². The van der Waals surface area contributed by atoms with Crippen LogP contribution < -0.4 is 5.32 Å². The minimum atomic E-state index is -2.86. The highest BCUT2D eigenvalue weighted by molar-refractivity contribution is 5.92. The van der Waals surface area contributed by atoms with Crippen molar-refractivity contribution in [1.82, 2.24) is 24.6 Å². The van der Waals surface area contributed by atoms with Gasteiger partial charge in [-0.3, -0.25) is 4.79 Å². The van der Waals surface area contributed by atoms with E-state index in [4.69, 9.17) is 0 Å². The number of amides is 1. The van der Waals surface area contributed by atoms with Gasteiger partial charge in [0.2, 0.25) is 0 Å². The zero-order valence-electron chi connectivity index (χ0n) is 11.9. The molecular formula is C15H13F2N5O. The lowest BCUT2D eigenvalue weighted by Gasteiger charge is -2.11. The van der Waals surface area contributed by atoms with Crippen LogP contribution in [0, 0.1) is 0 Å². The van der Waals surface area contributed by atoms with Crippen molar-refractivity contribution in [2.45, 2.75) is 13.1 Å². The molecule has 0 aliphatic carbocycles. The Kier molecular flexibility index (Phi) is 4.13. The second kappa shape index (κ2) is 6.39. The number of nitrogens with zero attached hydrogens (tertiary/aromatic N) is 4. The molecule has 2 heterocycles. The molecule has 118 valence electrons. The van der Waals surface area contributed by atoms with E-state index < -0.39 is 12.5 Å². The van der Waals surface area contributed by atoms with Gasteiger partial charge in [0.1, 0.15) is 5.69 Å². The molecule has 1 amide bonds. The monoisotopic (exact) mass is 317 g/mol. The Labute approximate surface area is 130 Å². The molecule has 0 aliphatic heterocycles. The van der Waals surface area contributed by atoms with Gasteiger partial charge in [0.05, 0.1) is 12.0 Å². The number of carbonyl (C=O) groups excluding carboxylic acids is 1. The molecule has 0 spiro atoms. The third kappa shape index (κ3) is 3.10. The molecule has 2 aromatic heterocycles. The number of hydrogen-bond acceptors (Lipinski definition) is 3. The summed E-state index contributed by atoms with van der Waals surface area (Å²) < 4.78 is 27.7. The van der Waals surface area contributed by atoms with E-state index in [0.717, 1.165) is 11.3 Å². The Bertz CT molecular complexity index is 798.